The number of rotatable bonds is 2. The van der Waals surface area contributed by atoms with Gasteiger partial charge in [-0.05, 0) is 49.3 Å². The van der Waals surface area contributed by atoms with Gasteiger partial charge in [0.1, 0.15) is 0 Å². The number of benzene rings is 2. The van der Waals surface area contributed by atoms with Crippen molar-refractivity contribution in [3.63, 3.8) is 0 Å². The summed E-state index contributed by atoms with van der Waals surface area (Å²) in [7, 11) is 0. The predicted octanol–water partition coefficient (Wildman–Crippen LogP) is 2.97. The zero-order valence-corrected chi connectivity index (χ0v) is 13.1. The maximum Gasteiger partial charge on any atom is 0.323 e. The van der Waals surface area contributed by atoms with Crippen LogP contribution < -0.4 is 9.80 Å². The molecule has 0 bridgehead atoms. The molecule has 2 aromatic carbocycles. The Morgan fingerprint density at radius 2 is 1.09 bits per heavy atom. The molecule has 0 radical (unpaired) electrons. The van der Waals surface area contributed by atoms with E-state index in [0.717, 1.165) is 11.1 Å². The molecule has 2 amide bonds. The molecule has 0 saturated carbocycles. The lowest BCUT2D eigenvalue weighted by Gasteiger charge is -2.21. The number of hydrogen-bond acceptors (Lipinski definition) is 3. The second-order valence-corrected chi connectivity index (χ2v) is 5.50. The van der Waals surface area contributed by atoms with Crippen LogP contribution in [0.4, 0.5) is 11.4 Å². The van der Waals surface area contributed by atoms with Crippen LogP contribution in [-0.4, -0.2) is 16.9 Å². The maximum absolute atomic E-state index is 12.4. The first-order valence-electron chi connectivity index (χ1n) is 6.86. The molecule has 1 aliphatic rings. The van der Waals surface area contributed by atoms with Crippen LogP contribution in [0.15, 0.2) is 48.5 Å². The number of anilines is 2. The standard InChI is InChI=1S/C17H14N2O2S/c1-11-7-3-5-9-13(11)18-15(20)16(21)19(17(18)22)14-10-6-4-8-12(14)2/h3-10H,1-2H3. The Morgan fingerprint density at radius 3 is 1.45 bits per heavy atom. The number of aryl methyl sites for hydroxylation is 2. The summed E-state index contributed by atoms with van der Waals surface area (Å²) in [6.07, 6.45) is 0. The van der Waals surface area contributed by atoms with E-state index in [1.807, 2.05) is 50.2 Å². The highest BCUT2D eigenvalue weighted by Gasteiger charge is 2.44. The van der Waals surface area contributed by atoms with Crippen LogP contribution in [0.2, 0.25) is 0 Å². The lowest BCUT2D eigenvalue weighted by Crippen LogP contribution is -2.33. The fourth-order valence-electron chi connectivity index (χ4n) is 2.52. The molecule has 1 saturated heterocycles. The van der Waals surface area contributed by atoms with Gasteiger partial charge < -0.3 is 0 Å². The van der Waals surface area contributed by atoms with Crippen LogP contribution in [0.1, 0.15) is 11.1 Å². The number of nitrogens with zero attached hydrogens (tertiary/aromatic N) is 2. The zero-order valence-electron chi connectivity index (χ0n) is 12.2. The molecule has 0 unspecified atom stereocenters. The zero-order chi connectivity index (χ0) is 15.9. The molecule has 0 aromatic heterocycles. The average Bonchev–Trinajstić information content (AvgIpc) is 2.72. The van der Waals surface area contributed by atoms with E-state index in [1.54, 1.807) is 12.1 Å². The number of hydrogen-bond donors (Lipinski definition) is 0. The van der Waals surface area contributed by atoms with E-state index in [0.29, 0.717) is 11.4 Å². The van der Waals surface area contributed by atoms with E-state index >= 15 is 0 Å². The van der Waals surface area contributed by atoms with Crippen molar-refractivity contribution in [1.29, 1.82) is 0 Å². The first kappa shape index (κ1) is 14.4. The van der Waals surface area contributed by atoms with Crippen molar-refractivity contribution < 1.29 is 9.59 Å². The van der Waals surface area contributed by atoms with Crippen LogP contribution in [0.3, 0.4) is 0 Å². The molecule has 0 N–H and O–H groups in total. The number of para-hydroxylation sites is 2. The summed E-state index contributed by atoms with van der Waals surface area (Å²) in [5.41, 5.74) is 3.05. The Hall–Kier alpha value is -2.53. The van der Waals surface area contributed by atoms with Gasteiger partial charge in [0.05, 0.1) is 11.4 Å². The predicted molar refractivity (Wildman–Crippen MR) is 89.9 cm³/mol. The smallest absolute Gasteiger partial charge is 0.263 e. The molecule has 2 aromatic rings. The highest BCUT2D eigenvalue weighted by atomic mass is 32.1. The quantitative estimate of drug-likeness (QED) is 0.632. The first-order chi connectivity index (χ1) is 10.5. The molecule has 22 heavy (non-hydrogen) atoms. The third kappa shape index (κ3) is 2.10. The highest BCUT2D eigenvalue weighted by Crippen LogP contribution is 2.30. The number of thiocarbonyl (C=S) groups is 1. The average molecular weight is 310 g/mol. The van der Waals surface area contributed by atoms with Crippen molar-refractivity contribution in [2.75, 3.05) is 9.80 Å². The van der Waals surface area contributed by atoms with E-state index in [9.17, 15) is 9.59 Å². The molecule has 0 spiro atoms. The van der Waals surface area contributed by atoms with Gasteiger partial charge in [-0.2, -0.15) is 0 Å². The number of amides is 2. The monoisotopic (exact) mass is 310 g/mol. The molecule has 0 atom stereocenters. The van der Waals surface area contributed by atoms with Gasteiger partial charge in [0.15, 0.2) is 5.11 Å². The normalized spacial score (nSPS) is 14.9. The van der Waals surface area contributed by atoms with Gasteiger partial charge in [-0.3, -0.25) is 9.59 Å². The highest BCUT2D eigenvalue weighted by molar-refractivity contribution is 7.81. The third-order valence-corrected chi connectivity index (χ3v) is 4.05. The molecule has 1 fully saturated rings. The van der Waals surface area contributed by atoms with Crippen molar-refractivity contribution in [3.8, 4) is 0 Å². The van der Waals surface area contributed by atoms with E-state index in [2.05, 4.69) is 0 Å². The van der Waals surface area contributed by atoms with Gasteiger partial charge in [0, 0.05) is 0 Å². The number of carbonyl (C=O) groups excluding carboxylic acids is 2. The topological polar surface area (TPSA) is 40.6 Å². The van der Waals surface area contributed by atoms with Crippen LogP contribution in [0.25, 0.3) is 0 Å². The molecule has 0 aliphatic carbocycles. The summed E-state index contributed by atoms with van der Waals surface area (Å²) in [5.74, 6) is -1.25. The second kappa shape index (κ2) is 5.35. The summed E-state index contributed by atoms with van der Waals surface area (Å²) in [5, 5.41) is 0.193. The molecular formula is C17H14N2O2S. The van der Waals surface area contributed by atoms with Crippen LogP contribution in [-0.2, 0) is 9.59 Å². The summed E-state index contributed by atoms with van der Waals surface area (Å²) < 4.78 is 0. The summed E-state index contributed by atoms with van der Waals surface area (Å²) in [6.45, 7) is 3.76. The van der Waals surface area contributed by atoms with E-state index in [1.165, 1.54) is 9.80 Å². The summed E-state index contributed by atoms with van der Waals surface area (Å²) in [6, 6.07) is 14.7. The summed E-state index contributed by atoms with van der Waals surface area (Å²) in [4.78, 5) is 27.4. The van der Waals surface area contributed by atoms with E-state index < -0.39 is 11.8 Å². The Balaban J connectivity index is 2.09. The molecular weight excluding hydrogens is 296 g/mol. The molecule has 1 heterocycles. The fourth-order valence-corrected chi connectivity index (χ4v) is 2.88. The second-order valence-electron chi connectivity index (χ2n) is 5.14. The van der Waals surface area contributed by atoms with Gasteiger partial charge in [0.2, 0.25) is 0 Å². The van der Waals surface area contributed by atoms with Crippen molar-refractivity contribution >= 4 is 40.5 Å². The maximum atomic E-state index is 12.4. The largest absolute Gasteiger partial charge is 0.323 e. The Kier molecular flexibility index (Phi) is 3.50. The molecule has 1 aliphatic heterocycles. The van der Waals surface area contributed by atoms with Crippen molar-refractivity contribution in [3.05, 3.63) is 59.7 Å². The van der Waals surface area contributed by atoms with Crippen molar-refractivity contribution in [1.82, 2.24) is 0 Å². The van der Waals surface area contributed by atoms with E-state index in [4.69, 9.17) is 12.2 Å². The Bertz CT molecular complexity index is 735. The minimum Gasteiger partial charge on any atom is -0.263 e. The van der Waals surface area contributed by atoms with Crippen LogP contribution in [0.5, 0.6) is 0 Å². The molecule has 110 valence electrons. The van der Waals surface area contributed by atoms with E-state index in [-0.39, 0.29) is 5.11 Å². The summed E-state index contributed by atoms with van der Waals surface area (Å²) >= 11 is 5.41. The van der Waals surface area contributed by atoms with Gasteiger partial charge >= 0.3 is 11.8 Å². The molecule has 5 heteroatoms. The fraction of sp³-hybridized carbons (Fsp3) is 0.118. The Labute approximate surface area is 134 Å². The Morgan fingerprint density at radius 1 is 0.727 bits per heavy atom. The third-order valence-electron chi connectivity index (χ3n) is 3.68. The van der Waals surface area contributed by atoms with Gasteiger partial charge in [-0.25, -0.2) is 9.80 Å². The number of carbonyl (C=O) groups is 2. The molecule has 3 rings (SSSR count). The first-order valence-corrected chi connectivity index (χ1v) is 7.27. The minimum atomic E-state index is -0.623. The van der Waals surface area contributed by atoms with Gasteiger partial charge in [-0.15, -0.1) is 0 Å². The molecule has 4 nitrogen and oxygen atoms in total. The SMILES string of the molecule is Cc1ccccc1N1C(=O)C(=O)N(c2ccccc2C)C1=S. The minimum absolute atomic E-state index is 0.193. The van der Waals surface area contributed by atoms with Gasteiger partial charge in [0.25, 0.3) is 0 Å². The van der Waals surface area contributed by atoms with Crippen molar-refractivity contribution in [2.45, 2.75) is 13.8 Å². The lowest BCUT2D eigenvalue weighted by atomic mass is 10.2. The lowest BCUT2D eigenvalue weighted by molar-refractivity contribution is -0.133. The van der Waals surface area contributed by atoms with Crippen LogP contribution >= 0.6 is 12.2 Å². The van der Waals surface area contributed by atoms with Gasteiger partial charge in [-0.1, -0.05) is 36.4 Å². The van der Waals surface area contributed by atoms with Crippen LogP contribution in [0, 0.1) is 13.8 Å². The van der Waals surface area contributed by atoms with Crippen molar-refractivity contribution in [2.24, 2.45) is 0 Å².